The van der Waals surface area contributed by atoms with Gasteiger partial charge in [-0.05, 0) is 41.0 Å². The Kier molecular flexibility index (Phi) is 3.77. The molecule has 5 aromatic rings. The van der Waals surface area contributed by atoms with Crippen LogP contribution in [0.4, 0.5) is 0 Å². The van der Waals surface area contributed by atoms with E-state index in [1.807, 2.05) is 0 Å². The van der Waals surface area contributed by atoms with Crippen LogP contribution in [0.3, 0.4) is 0 Å². The minimum absolute atomic E-state index is 0.576. The third-order valence-corrected chi connectivity index (χ3v) is 5.23. The average molecular weight is 348 g/mol. The maximum atomic E-state index is 5.70. The van der Waals surface area contributed by atoms with Gasteiger partial charge in [-0.2, -0.15) is 0 Å². The van der Waals surface area contributed by atoms with E-state index < -0.39 is 0 Å². The molecule has 0 radical (unpaired) electrons. The summed E-state index contributed by atoms with van der Waals surface area (Å²) in [5, 5.41) is 2.57. The molecule has 0 aliphatic carbocycles. The Hall–Kier alpha value is -3.36. The van der Waals surface area contributed by atoms with Crippen molar-refractivity contribution in [3.05, 3.63) is 103 Å². The van der Waals surface area contributed by atoms with E-state index in [-0.39, 0.29) is 0 Å². The zero-order chi connectivity index (χ0) is 18.2. The van der Waals surface area contributed by atoms with Gasteiger partial charge in [-0.3, -0.25) is 0 Å². The highest BCUT2D eigenvalue weighted by Gasteiger charge is 2.11. The van der Waals surface area contributed by atoms with Crippen molar-refractivity contribution in [3.8, 4) is 16.8 Å². The molecule has 1 aromatic heterocycles. The number of aromatic nitrogens is 1. The zero-order valence-corrected chi connectivity index (χ0v) is 15.0. The number of hydrogen-bond donors (Lipinski definition) is 1. The van der Waals surface area contributed by atoms with Crippen molar-refractivity contribution in [2.45, 2.75) is 6.54 Å². The lowest BCUT2D eigenvalue weighted by atomic mass is 10.0. The fourth-order valence-electron chi connectivity index (χ4n) is 3.84. The predicted octanol–water partition coefficient (Wildman–Crippen LogP) is 5.91. The Balaban J connectivity index is 1.64. The molecule has 0 saturated carbocycles. The second-order valence-electron chi connectivity index (χ2n) is 6.82. The van der Waals surface area contributed by atoms with Crippen molar-refractivity contribution in [1.29, 1.82) is 0 Å². The quantitative estimate of drug-likeness (QED) is 0.432. The second kappa shape index (κ2) is 6.42. The van der Waals surface area contributed by atoms with Gasteiger partial charge in [0.25, 0.3) is 0 Å². The van der Waals surface area contributed by atoms with E-state index in [9.17, 15) is 0 Å². The van der Waals surface area contributed by atoms with Gasteiger partial charge < -0.3 is 10.3 Å². The van der Waals surface area contributed by atoms with Crippen molar-refractivity contribution in [1.82, 2.24) is 4.57 Å². The standard InChI is InChI=1S/C25H20N2/c26-17-18-9-11-19(12-10-18)20-13-15-21(16-14-20)27-24-7-3-1-5-22(24)23-6-2-4-8-25(23)27/h1-16H,17,26H2. The molecule has 0 spiro atoms. The first kappa shape index (κ1) is 15.9. The van der Waals surface area contributed by atoms with Crippen molar-refractivity contribution >= 4 is 21.8 Å². The Morgan fingerprint density at radius 1 is 0.556 bits per heavy atom. The van der Waals surface area contributed by atoms with Gasteiger partial charge in [0, 0.05) is 23.0 Å². The van der Waals surface area contributed by atoms with Gasteiger partial charge in [0.15, 0.2) is 0 Å². The fraction of sp³-hybridized carbons (Fsp3) is 0.0400. The maximum absolute atomic E-state index is 5.70. The minimum Gasteiger partial charge on any atom is -0.326 e. The molecule has 0 unspecified atom stereocenters. The predicted molar refractivity (Wildman–Crippen MR) is 114 cm³/mol. The smallest absolute Gasteiger partial charge is 0.0541 e. The van der Waals surface area contributed by atoms with Gasteiger partial charge in [0.05, 0.1) is 11.0 Å². The first-order valence-corrected chi connectivity index (χ1v) is 9.23. The Morgan fingerprint density at radius 2 is 1.04 bits per heavy atom. The van der Waals surface area contributed by atoms with E-state index in [0.717, 1.165) is 5.56 Å². The van der Waals surface area contributed by atoms with Crippen molar-refractivity contribution in [3.63, 3.8) is 0 Å². The topological polar surface area (TPSA) is 30.9 Å². The maximum Gasteiger partial charge on any atom is 0.0541 e. The van der Waals surface area contributed by atoms with Crippen molar-refractivity contribution < 1.29 is 0 Å². The lowest BCUT2D eigenvalue weighted by molar-refractivity contribution is 1.07. The number of nitrogens with two attached hydrogens (primary N) is 1. The molecule has 0 amide bonds. The van der Waals surface area contributed by atoms with Crippen molar-refractivity contribution in [2.75, 3.05) is 0 Å². The van der Waals surface area contributed by atoms with Gasteiger partial charge >= 0.3 is 0 Å². The molecule has 0 atom stereocenters. The molecular formula is C25H20N2. The lowest BCUT2D eigenvalue weighted by Gasteiger charge is -2.09. The molecule has 2 N–H and O–H groups in total. The molecule has 0 saturated heterocycles. The summed E-state index contributed by atoms with van der Waals surface area (Å²) in [6.45, 7) is 0.576. The van der Waals surface area contributed by atoms with Crippen LogP contribution in [-0.2, 0) is 6.54 Å². The number of fused-ring (bicyclic) bond motifs is 3. The molecule has 0 aliphatic heterocycles. The largest absolute Gasteiger partial charge is 0.326 e. The molecule has 0 bridgehead atoms. The normalized spacial score (nSPS) is 11.3. The molecule has 1 heterocycles. The summed E-state index contributed by atoms with van der Waals surface area (Å²) in [5.74, 6) is 0. The third-order valence-electron chi connectivity index (χ3n) is 5.23. The summed E-state index contributed by atoms with van der Waals surface area (Å²) in [4.78, 5) is 0. The number of rotatable bonds is 3. The van der Waals surface area contributed by atoms with Gasteiger partial charge in [0.2, 0.25) is 0 Å². The number of benzene rings is 4. The van der Waals surface area contributed by atoms with E-state index in [2.05, 4.69) is 102 Å². The van der Waals surface area contributed by atoms with Crippen LogP contribution in [0.25, 0.3) is 38.6 Å². The van der Waals surface area contributed by atoms with Crippen LogP contribution < -0.4 is 5.73 Å². The second-order valence-corrected chi connectivity index (χ2v) is 6.82. The number of para-hydroxylation sites is 2. The number of hydrogen-bond acceptors (Lipinski definition) is 1. The summed E-state index contributed by atoms with van der Waals surface area (Å²) in [5.41, 5.74) is 12.9. The summed E-state index contributed by atoms with van der Waals surface area (Å²) < 4.78 is 2.34. The van der Waals surface area contributed by atoms with Crippen LogP contribution in [0, 0.1) is 0 Å². The third kappa shape index (κ3) is 2.62. The highest BCUT2D eigenvalue weighted by atomic mass is 15.0. The van der Waals surface area contributed by atoms with Gasteiger partial charge in [-0.25, -0.2) is 0 Å². The van der Waals surface area contributed by atoms with E-state index in [1.54, 1.807) is 0 Å². The van der Waals surface area contributed by atoms with E-state index in [4.69, 9.17) is 5.73 Å². The Labute approximate surface area is 158 Å². The van der Waals surface area contributed by atoms with Gasteiger partial charge in [-0.15, -0.1) is 0 Å². The molecule has 5 rings (SSSR count). The molecular weight excluding hydrogens is 328 g/mol. The molecule has 0 fully saturated rings. The van der Waals surface area contributed by atoms with Crippen LogP contribution >= 0.6 is 0 Å². The Bertz CT molecular complexity index is 1180. The van der Waals surface area contributed by atoms with Crippen LogP contribution in [0.1, 0.15) is 5.56 Å². The fourth-order valence-corrected chi connectivity index (χ4v) is 3.84. The first-order chi connectivity index (χ1) is 13.3. The molecule has 2 heteroatoms. The highest BCUT2D eigenvalue weighted by Crippen LogP contribution is 2.32. The SMILES string of the molecule is NCc1ccc(-c2ccc(-n3c4ccccc4c4ccccc43)cc2)cc1. The molecule has 27 heavy (non-hydrogen) atoms. The molecule has 0 aliphatic rings. The molecule has 4 aromatic carbocycles. The van der Waals surface area contributed by atoms with Crippen LogP contribution in [0.2, 0.25) is 0 Å². The molecule has 2 nitrogen and oxygen atoms in total. The highest BCUT2D eigenvalue weighted by molar-refractivity contribution is 6.09. The van der Waals surface area contributed by atoms with Gasteiger partial charge in [-0.1, -0.05) is 72.8 Å². The van der Waals surface area contributed by atoms with E-state index >= 15 is 0 Å². The van der Waals surface area contributed by atoms with Crippen molar-refractivity contribution in [2.24, 2.45) is 5.73 Å². The van der Waals surface area contributed by atoms with Crippen LogP contribution in [-0.4, -0.2) is 4.57 Å². The zero-order valence-electron chi connectivity index (χ0n) is 15.0. The average Bonchev–Trinajstić information content (AvgIpc) is 3.08. The lowest BCUT2D eigenvalue weighted by Crippen LogP contribution is -1.95. The van der Waals surface area contributed by atoms with E-state index in [0.29, 0.717) is 6.54 Å². The summed E-state index contributed by atoms with van der Waals surface area (Å²) >= 11 is 0. The van der Waals surface area contributed by atoms with E-state index in [1.165, 1.54) is 38.6 Å². The molecule has 130 valence electrons. The first-order valence-electron chi connectivity index (χ1n) is 9.23. The Morgan fingerprint density at radius 3 is 1.56 bits per heavy atom. The summed E-state index contributed by atoms with van der Waals surface area (Å²) in [7, 11) is 0. The van der Waals surface area contributed by atoms with Gasteiger partial charge in [0.1, 0.15) is 0 Å². The van der Waals surface area contributed by atoms with Crippen LogP contribution in [0.5, 0.6) is 0 Å². The number of nitrogens with zero attached hydrogens (tertiary/aromatic N) is 1. The minimum atomic E-state index is 0.576. The van der Waals surface area contributed by atoms with Crippen LogP contribution in [0.15, 0.2) is 97.1 Å². The summed E-state index contributed by atoms with van der Waals surface area (Å²) in [6.07, 6.45) is 0. The summed E-state index contributed by atoms with van der Waals surface area (Å²) in [6, 6.07) is 34.4. The monoisotopic (exact) mass is 348 g/mol.